The number of rotatable bonds is 3. The fourth-order valence-corrected chi connectivity index (χ4v) is 1.75. The van der Waals surface area contributed by atoms with Gasteiger partial charge in [-0.15, -0.1) is 0 Å². The molecular formula is C12H11F2NO2. The number of hydrogen-bond donors (Lipinski definition) is 2. The Labute approximate surface area is 96.1 Å². The molecule has 1 aromatic heterocycles. The topological polar surface area (TPSA) is 53.1 Å². The summed E-state index contributed by atoms with van der Waals surface area (Å²) < 4.78 is 27.6. The zero-order chi connectivity index (χ0) is 12.6. The van der Waals surface area contributed by atoms with Gasteiger partial charge in [0.2, 0.25) is 0 Å². The van der Waals surface area contributed by atoms with Crippen molar-refractivity contribution < 1.29 is 18.7 Å². The maximum absolute atomic E-state index is 13.9. The van der Waals surface area contributed by atoms with E-state index in [1.807, 2.05) is 0 Å². The molecular weight excluding hydrogens is 228 g/mol. The standard InChI is InChI=1S/C12H11F2NO2/c1-6(12(16)17)4-8-9(13)5-7-2-3-15-11(7)10(8)14/h2-3,5-6,15H,4H2,1H3,(H,16,17). The van der Waals surface area contributed by atoms with Crippen LogP contribution in [-0.4, -0.2) is 16.1 Å². The molecule has 90 valence electrons. The molecule has 3 nitrogen and oxygen atoms in total. The Morgan fingerprint density at radius 1 is 1.53 bits per heavy atom. The van der Waals surface area contributed by atoms with Crippen molar-refractivity contribution in [1.29, 1.82) is 0 Å². The van der Waals surface area contributed by atoms with Crippen LogP contribution in [0.4, 0.5) is 8.78 Å². The third-order valence-electron chi connectivity index (χ3n) is 2.77. The van der Waals surface area contributed by atoms with Gasteiger partial charge in [-0.25, -0.2) is 8.78 Å². The summed E-state index contributed by atoms with van der Waals surface area (Å²) in [5.74, 6) is -3.32. The highest BCUT2D eigenvalue weighted by atomic mass is 19.1. The molecule has 0 aliphatic carbocycles. The second kappa shape index (κ2) is 4.16. The van der Waals surface area contributed by atoms with E-state index in [0.717, 1.165) is 0 Å². The molecule has 0 bridgehead atoms. The molecule has 0 saturated carbocycles. The van der Waals surface area contributed by atoms with Crippen LogP contribution in [0.2, 0.25) is 0 Å². The largest absolute Gasteiger partial charge is 0.481 e. The molecule has 5 heteroatoms. The molecule has 17 heavy (non-hydrogen) atoms. The number of halogens is 2. The summed E-state index contributed by atoms with van der Waals surface area (Å²) in [5.41, 5.74) is 0.0221. The first-order valence-electron chi connectivity index (χ1n) is 5.17. The van der Waals surface area contributed by atoms with E-state index in [0.29, 0.717) is 5.39 Å². The van der Waals surface area contributed by atoms with Crippen LogP contribution < -0.4 is 0 Å². The third-order valence-corrected chi connectivity index (χ3v) is 2.77. The number of hydrogen-bond acceptors (Lipinski definition) is 1. The Hall–Kier alpha value is -1.91. The van der Waals surface area contributed by atoms with Crippen LogP contribution in [0.1, 0.15) is 12.5 Å². The van der Waals surface area contributed by atoms with Crippen molar-refractivity contribution in [2.75, 3.05) is 0 Å². The Balaban J connectivity index is 2.49. The molecule has 0 radical (unpaired) electrons. The lowest BCUT2D eigenvalue weighted by atomic mass is 9.99. The summed E-state index contributed by atoms with van der Waals surface area (Å²) in [5, 5.41) is 9.18. The van der Waals surface area contributed by atoms with Crippen molar-refractivity contribution in [3.63, 3.8) is 0 Å². The number of benzene rings is 1. The van der Waals surface area contributed by atoms with Crippen molar-refractivity contribution in [2.45, 2.75) is 13.3 Å². The Morgan fingerprint density at radius 3 is 2.88 bits per heavy atom. The number of carboxylic acid groups (broad SMARTS) is 1. The van der Waals surface area contributed by atoms with Gasteiger partial charge in [0, 0.05) is 17.1 Å². The maximum atomic E-state index is 13.9. The van der Waals surface area contributed by atoms with Gasteiger partial charge in [-0.2, -0.15) is 0 Å². The van der Waals surface area contributed by atoms with Gasteiger partial charge in [0.1, 0.15) is 5.82 Å². The average molecular weight is 239 g/mol. The first kappa shape index (κ1) is 11.6. The molecule has 2 rings (SSSR count). The van der Waals surface area contributed by atoms with Gasteiger partial charge in [-0.1, -0.05) is 6.92 Å². The average Bonchev–Trinajstić information content (AvgIpc) is 2.71. The zero-order valence-electron chi connectivity index (χ0n) is 9.13. The molecule has 0 amide bonds. The molecule has 1 unspecified atom stereocenters. The van der Waals surface area contributed by atoms with Crippen LogP contribution >= 0.6 is 0 Å². The van der Waals surface area contributed by atoms with Crippen molar-refractivity contribution >= 4 is 16.9 Å². The van der Waals surface area contributed by atoms with E-state index in [4.69, 9.17) is 5.11 Å². The second-order valence-electron chi connectivity index (χ2n) is 4.04. The molecule has 0 fully saturated rings. The summed E-state index contributed by atoms with van der Waals surface area (Å²) in [7, 11) is 0. The molecule has 1 atom stereocenters. The third kappa shape index (κ3) is 2.00. The van der Waals surface area contributed by atoms with Crippen LogP contribution in [0.25, 0.3) is 10.9 Å². The van der Waals surface area contributed by atoms with E-state index >= 15 is 0 Å². The van der Waals surface area contributed by atoms with Gasteiger partial charge >= 0.3 is 5.97 Å². The lowest BCUT2D eigenvalue weighted by molar-refractivity contribution is -0.141. The summed E-state index contributed by atoms with van der Waals surface area (Å²) >= 11 is 0. The van der Waals surface area contributed by atoms with Gasteiger partial charge in [-0.05, 0) is 18.6 Å². The first-order chi connectivity index (χ1) is 8.00. The Kier molecular flexibility index (Phi) is 2.83. The first-order valence-corrected chi connectivity index (χ1v) is 5.17. The molecule has 1 heterocycles. The summed E-state index contributed by atoms with van der Waals surface area (Å²) in [6, 6.07) is 2.77. The van der Waals surface area contributed by atoms with Gasteiger partial charge in [0.05, 0.1) is 11.4 Å². The number of aromatic nitrogens is 1. The normalized spacial score (nSPS) is 12.9. The van der Waals surface area contributed by atoms with E-state index in [1.165, 1.54) is 19.2 Å². The fourth-order valence-electron chi connectivity index (χ4n) is 1.75. The van der Waals surface area contributed by atoms with Crippen molar-refractivity contribution in [2.24, 2.45) is 5.92 Å². The molecule has 2 N–H and O–H groups in total. The summed E-state index contributed by atoms with van der Waals surface area (Å²) in [4.78, 5) is 13.4. The Morgan fingerprint density at radius 2 is 2.24 bits per heavy atom. The molecule has 1 aromatic carbocycles. The van der Waals surface area contributed by atoms with E-state index in [9.17, 15) is 13.6 Å². The Bertz CT molecular complexity index is 577. The quantitative estimate of drug-likeness (QED) is 0.865. The molecule has 0 saturated heterocycles. The van der Waals surface area contributed by atoms with Crippen molar-refractivity contribution in [3.8, 4) is 0 Å². The summed E-state index contributed by atoms with van der Waals surface area (Å²) in [6.07, 6.45) is 1.35. The monoisotopic (exact) mass is 239 g/mol. The SMILES string of the molecule is CC(Cc1c(F)cc2cc[nH]c2c1F)C(=O)O. The zero-order valence-corrected chi connectivity index (χ0v) is 9.13. The fraction of sp³-hybridized carbons (Fsp3) is 0.250. The molecule has 2 aromatic rings. The van der Waals surface area contributed by atoms with E-state index < -0.39 is 23.5 Å². The van der Waals surface area contributed by atoms with Gasteiger partial charge < -0.3 is 10.1 Å². The van der Waals surface area contributed by atoms with Gasteiger partial charge in [0.15, 0.2) is 5.82 Å². The number of aliphatic carboxylic acids is 1. The lowest BCUT2D eigenvalue weighted by Crippen LogP contribution is -2.14. The highest BCUT2D eigenvalue weighted by Gasteiger charge is 2.20. The minimum absolute atomic E-state index is 0.165. The van der Waals surface area contributed by atoms with Crippen LogP contribution in [0.5, 0.6) is 0 Å². The summed E-state index contributed by atoms with van der Waals surface area (Å²) in [6.45, 7) is 1.42. The highest BCUT2D eigenvalue weighted by Crippen LogP contribution is 2.25. The van der Waals surface area contributed by atoms with Crippen LogP contribution in [0.15, 0.2) is 18.3 Å². The number of aromatic amines is 1. The van der Waals surface area contributed by atoms with E-state index in [2.05, 4.69) is 4.98 Å². The van der Waals surface area contributed by atoms with Gasteiger partial charge in [-0.3, -0.25) is 4.79 Å². The van der Waals surface area contributed by atoms with Crippen molar-refractivity contribution in [3.05, 3.63) is 35.5 Å². The van der Waals surface area contributed by atoms with E-state index in [1.54, 1.807) is 6.07 Å². The predicted octanol–water partition coefficient (Wildman–Crippen LogP) is 2.71. The highest BCUT2D eigenvalue weighted by molar-refractivity contribution is 5.81. The maximum Gasteiger partial charge on any atom is 0.306 e. The minimum atomic E-state index is -1.07. The van der Waals surface area contributed by atoms with Gasteiger partial charge in [0.25, 0.3) is 0 Å². The van der Waals surface area contributed by atoms with Crippen molar-refractivity contribution in [1.82, 2.24) is 4.98 Å². The van der Waals surface area contributed by atoms with E-state index in [-0.39, 0.29) is 17.5 Å². The number of nitrogens with one attached hydrogen (secondary N) is 1. The van der Waals surface area contributed by atoms with Crippen LogP contribution in [0, 0.1) is 17.6 Å². The molecule has 0 spiro atoms. The van der Waals surface area contributed by atoms with Crippen LogP contribution in [0.3, 0.4) is 0 Å². The number of carboxylic acids is 1. The number of carbonyl (C=O) groups is 1. The predicted molar refractivity (Wildman–Crippen MR) is 58.7 cm³/mol. The lowest BCUT2D eigenvalue weighted by Gasteiger charge is -2.09. The number of fused-ring (bicyclic) bond motifs is 1. The second-order valence-corrected chi connectivity index (χ2v) is 4.04. The number of H-pyrrole nitrogens is 1. The smallest absolute Gasteiger partial charge is 0.306 e. The molecule has 0 aliphatic rings. The van der Waals surface area contributed by atoms with Crippen LogP contribution in [-0.2, 0) is 11.2 Å². The minimum Gasteiger partial charge on any atom is -0.481 e. The molecule has 0 aliphatic heterocycles.